The van der Waals surface area contributed by atoms with E-state index in [2.05, 4.69) is 16.0 Å². The molecule has 3 fully saturated rings. The summed E-state index contributed by atoms with van der Waals surface area (Å²) in [6.45, 7) is 0.904. The smallest absolute Gasteiger partial charge is 0.302 e. The number of ether oxygens (including phenoxy) is 4. The predicted molar refractivity (Wildman–Crippen MR) is 322 cm³/mol. The molecule has 0 saturated carbocycles. The lowest BCUT2D eigenvalue weighted by atomic mass is 10.1. The molecule has 3 heterocycles. The monoisotopic (exact) mass is 1440 g/mol. The molecule has 9 rings (SSSR count). The van der Waals surface area contributed by atoms with Crippen LogP contribution in [0, 0.1) is 46.5 Å². The van der Waals surface area contributed by atoms with Crippen molar-refractivity contribution in [3.8, 4) is 0 Å². The number of aliphatic hydroxyl groups is 2. The lowest BCUT2D eigenvalue weighted by molar-refractivity contribution is -0.148. The topological polar surface area (TPSA) is 311 Å². The quantitative estimate of drug-likeness (QED) is 0.0397. The third-order valence-electron chi connectivity index (χ3n) is 13.7. The van der Waals surface area contributed by atoms with Crippen LogP contribution in [0.25, 0.3) is 0 Å². The minimum Gasteiger partial charge on any atom is -0.461 e. The predicted octanol–water partition coefficient (Wildman–Crippen LogP) is 7.65. The Morgan fingerprint density at radius 2 is 0.779 bits per heavy atom. The van der Waals surface area contributed by atoms with Crippen molar-refractivity contribution in [2.75, 3.05) is 81.6 Å². The molecule has 4 atom stereocenters. The van der Waals surface area contributed by atoms with Crippen molar-refractivity contribution < 1.29 is 114 Å². The molecule has 3 aliphatic rings. The highest BCUT2D eigenvalue weighted by molar-refractivity contribution is 7.89. The Hall–Kier alpha value is -7.74. The van der Waals surface area contributed by atoms with Gasteiger partial charge in [-0.05, 0) is 104 Å². The molecular formula is C59H56Cl2F8N6O17S3. The molecule has 6 aromatic rings. The van der Waals surface area contributed by atoms with Gasteiger partial charge in [0.25, 0.3) is 17.7 Å². The normalized spacial score (nSPS) is 18.4. The molecule has 0 aliphatic carbocycles. The summed E-state index contributed by atoms with van der Waals surface area (Å²) in [7, 11) is -13.3. The van der Waals surface area contributed by atoms with E-state index >= 15 is 0 Å². The molecule has 5 N–H and O–H groups in total. The number of rotatable bonds is 14. The molecule has 23 nitrogen and oxygen atoms in total. The average Bonchev–Trinajstić information content (AvgIpc) is 1.47. The van der Waals surface area contributed by atoms with Gasteiger partial charge in [0.05, 0.1) is 61.8 Å². The third-order valence-corrected chi connectivity index (χ3v) is 19.9. The highest BCUT2D eigenvalue weighted by Gasteiger charge is 2.38. The second kappa shape index (κ2) is 32.3. The summed E-state index contributed by atoms with van der Waals surface area (Å²) >= 11 is 11.3. The van der Waals surface area contributed by atoms with Crippen molar-refractivity contribution >= 4 is 100.0 Å². The highest BCUT2D eigenvalue weighted by atomic mass is 35.5. The Morgan fingerprint density at radius 1 is 0.453 bits per heavy atom. The maximum Gasteiger partial charge on any atom is 0.302 e. The number of amides is 3. The molecule has 3 aliphatic heterocycles. The first-order valence-corrected chi connectivity index (χ1v) is 33.0. The molecular weight excluding hydrogens is 1380 g/mol. The molecule has 95 heavy (non-hydrogen) atoms. The van der Waals surface area contributed by atoms with Crippen LogP contribution in [0.2, 0.25) is 10.0 Å². The zero-order valence-corrected chi connectivity index (χ0v) is 53.4. The average molecular weight is 1440 g/mol. The number of hydrogen-bond donors (Lipinski definition) is 5. The van der Waals surface area contributed by atoms with Crippen molar-refractivity contribution in [3.05, 3.63) is 176 Å². The minimum atomic E-state index is -4.68. The molecule has 0 spiro atoms. The van der Waals surface area contributed by atoms with Gasteiger partial charge in [0.1, 0.15) is 56.0 Å². The van der Waals surface area contributed by atoms with Gasteiger partial charge >= 0.3 is 11.9 Å². The molecule has 512 valence electrons. The van der Waals surface area contributed by atoms with Crippen molar-refractivity contribution in [2.24, 2.45) is 0 Å². The fraction of sp³-hybridized carbons (Fsp3) is 0.305. The van der Waals surface area contributed by atoms with Gasteiger partial charge in [-0.15, -0.1) is 0 Å². The van der Waals surface area contributed by atoms with Crippen LogP contribution in [0.4, 0.5) is 52.2 Å². The van der Waals surface area contributed by atoms with Crippen molar-refractivity contribution in [3.63, 3.8) is 0 Å². The van der Waals surface area contributed by atoms with Crippen LogP contribution in [0.3, 0.4) is 0 Å². The van der Waals surface area contributed by atoms with E-state index in [1.165, 1.54) is 24.3 Å². The first-order chi connectivity index (χ1) is 44.6. The fourth-order valence-corrected chi connectivity index (χ4v) is 14.3. The van der Waals surface area contributed by atoms with E-state index in [9.17, 15) is 94.6 Å². The van der Waals surface area contributed by atoms with Gasteiger partial charge in [0.15, 0.2) is 17.5 Å². The van der Waals surface area contributed by atoms with Gasteiger partial charge in [-0.2, -0.15) is 12.9 Å². The SMILES string of the molecule is CC(=O)O[C@@H]1CC[C@H](OC(C)=O)CN(S(=O)(=O)c2cc(C(=O)Nc3cc(F)c(F)c(F)c3)ccc2F)C1.O=C(Nc1ccc(F)c(Cl)c1)c1ccc(F)c(S(=O)(=O)N2CCOC[C@@H](O)C2)c1.O=C(Nc1ccc(F)c(Cl)c1)c1ccc(F)c(S(=O)(=O)N2CCOC[C@H](O)C2)c1. The van der Waals surface area contributed by atoms with E-state index in [0.717, 1.165) is 81.4 Å². The number of aliphatic hydroxyl groups excluding tert-OH is 2. The number of benzene rings is 6. The number of β-amino-alcohol motifs (C(OH)–C–C–N with tert-alkyl or cyclic N) is 2. The summed E-state index contributed by atoms with van der Waals surface area (Å²) in [6, 6.07) is 16.2. The number of nitrogens with one attached hydrogen (secondary N) is 3. The van der Waals surface area contributed by atoms with Gasteiger partial charge < -0.3 is 45.1 Å². The second-order valence-corrected chi connectivity index (χ2v) is 27.4. The number of carbonyl (C=O) groups is 5. The summed E-state index contributed by atoms with van der Waals surface area (Å²) in [6.07, 6.45) is -3.59. The summed E-state index contributed by atoms with van der Waals surface area (Å²) in [4.78, 5) is 58.1. The van der Waals surface area contributed by atoms with E-state index < -0.39 is 157 Å². The number of esters is 2. The zero-order chi connectivity index (χ0) is 69.9. The van der Waals surface area contributed by atoms with Gasteiger partial charge in [-0.1, -0.05) is 23.2 Å². The van der Waals surface area contributed by atoms with E-state index in [1.807, 2.05) is 0 Å². The molecule has 0 bridgehead atoms. The number of hydrogen-bond acceptors (Lipinski definition) is 17. The number of anilines is 3. The number of nitrogens with zero attached hydrogens (tertiary/aromatic N) is 3. The summed E-state index contributed by atoms with van der Waals surface area (Å²) in [5, 5.41) is 26.1. The Morgan fingerprint density at radius 3 is 1.12 bits per heavy atom. The van der Waals surface area contributed by atoms with Crippen LogP contribution in [0.15, 0.2) is 118 Å². The Balaban J connectivity index is 0.000000203. The van der Waals surface area contributed by atoms with Gasteiger partial charge in [0.2, 0.25) is 30.1 Å². The molecule has 3 amide bonds. The summed E-state index contributed by atoms with van der Waals surface area (Å²) in [5.74, 6) is -13.4. The fourth-order valence-electron chi connectivity index (χ4n) is 9.24. The van der Waals surface area contributed by atoms with Crippen LogP contribution in [0.5, 0.6) is 0 Å². The second-order valence-electron chi connectivity index (χ2n) is 20.9. The van der Waals surface area contributed by atoms with Crippen LogP contribution in [-0.4, -0.2) is 168 Å². The van der Waals surface area contributed by atoms with Crippen molar-refractivity contribution in [1.82, 2.24) is 12.9 Å². The summed E-state index contributed by atoms with van der Waals surface area (Å²) < 4.78 is 211. The first kappa shape index (κ1) is 74.7. The maximum absolute atomic E-state index is 14.7. The van der Waals surface area contributed by atoms with Crippen LogP contribution in [0.1, 0.15) is 57.8 Å². The minimum absolute atomic E-state index is 0.0306. The Labute approximate surface area is 547 Å². The molecule has 3 saturated heterocycles. The molecule has 0 radical (unpaired) electrons. The van der Waals surface area contributed by atoms with E-state index in [4.69, 9.17) is 42.1 Å². The van der Waals surface area contributed by atoms with Gasteiger partial charge in [-0.25, -0.2) is 60.4 Å². The lowest BCUT2D eigenvalue weighted by Crippen LogP contribution is -2.41. The van der Waals surface area contributed by atoms with Crippen molar-refractivity contribution in [1.29, 1.82) is 0 Å². The zero-order valence-electron chi connectivity index (χ0n) is 49.5. The van der Waals surface area contributed by atoms with Crippen LogP contribution < -0.4 is 16.0 Å². The van der Waals surface area contributed by atoms with E-state index in [1.54, 1.807) is 0 Å². The van der Waals surface area contributed by atoms with E-state index in [0.29, 0.717) is 24.3 Å². The first-order valence-electron chi connectivity index (χ1n) is 27.9. The molecule has 0 unspecified atom stereocenters. The Kier molecular flexibility index (Phi) is 25.4. The van der Waals surface area contributed by atoms with Crippen LogP contribution >= 0.6 is 23.2 Å². The lowest BCUT2D eigenvalue weighted by Gasteiger charge is -2.25. The van der Waals surface area contributed by atoms with Crippen LogP contribution in [-0.2, 0) is 58.6 Å². The molecule has 0 aromatic heterocycles. The summed E-state index contributed by atoms with van der Waals surface area (Å²) in [5.41, 5.74) is -0.746. The van der Waals surface area contributed by atoms with Gasteiger partial charge in [-0.3, -0.25) is 24.0 Å². The Bertz CT molecular complexity index is 4030. The maximum atomic E-state index is 14.7. The van der Waals surface area contributed by atoms with Crippen molar-refractivity contribution in [2.45, 2.75) is 65.8 Å². The largest absolute Gasteiger partial charge is 0.461 e. The third kappa shape index (κ3) is 19.7. The highest BCUT2D eigenvalue weighted by Crippen LogP contribution is 2.30. The van der Waals surface area contributed by atoms with E-state index in [-0.39, 0.29) is 111 Å². The number of carbonyl (C=O) groups excluding carboxylic acids is 5. The number of halogens is 10. The molecule has 36 heteroatoms. The van der Waals surface area contributed by atoms with Gasteiger partial charge in [0, 0.05) is 85.9 Å². The standard InChI is InChI=1S/C23H22F4N2O7S.2C18H17ClF2N2O5S/c1-12(30)35-16-4-5-17(36-13(2)31)11-29(10-16)37(33,34)21-7-14(3-6-18(21)24)23(32)28-15-8-19(25)22(27)20(26)9-15;2*19-14-8-12(2-4-15(14)20)22-18(25)11-1-3-16(21)17(7-11)29(26,27)23-5-6-28-10-13(24)9-23/h3,6-9,16-17H,4-5,10-11H2,1-2H3,(H,28,32);2*1-4,7-8,13,24H,5-6,9-10H2,(H,22,25)/t16-,17+;2*13-/m.10/s1. The number of sulfonamides is 3. The molecule has 6 aromatic carbocycles.